The summed E-state index contributed by atoms with van der Waals surface area (Å²) in [5, 5.41) is 0. The summed E-state index contributed by atoms with van der Waals surface area (Å²) in [6, 6.07) is 0. The second-order valence-corrected chi connectivity index (χ2v) is 5.36. The van der Waals surface area contributed by atoms with E-state index in [1.807, 2.05) is 13.8 Å². The third-order valence-electron chi connectivity index (χ3n) is 3.53. The Kier molecular flexibility index (Phi) is 4.18. The Morgan fingerprint density at radius 2 is 1.60 bits per heavy atom. The second kappa shape index (κ2) is 5.00. The van der Waals surface area contributed by atoms with Crippen molar-refractivity contribution in [2.75, 3.05) is 0 Å². The van der Waals surface area contributed by atoms with Gasteiger partial charge in [-0.2, -0.15) is 0 Å². The lowest BCUT2D eigenvalue weighted by molar-refractivity contribution is -0.173. The average molecular weight is 212 g/mol. The van der Waals surface area contributed by atoms with Gasteiger partial charge in [0, 0.05) is 0 Å². The summed E-state index contributed by atoms with van der Waals surface area (Å²) < 4.78 is 5.76. The topological polar surface area (TPSA) is 26.3 Å². The highest BCUT2D eigenvalue weighted by molar-refractivity contribution is 5.72. The molecule has 1 aliphatic carbocycles. The summed E-state index contributed by atoms with van der Waals surface area (Å²) in [5.41, 5.74) is -0.167. The van der Waals surface area contributed by atoms with Crippen LogP contribution < -0.4 is 0 Å². The highest BCUT2D eigenvalue weighted by Gasteiger charge is 2.39. The molecule has 1 saturated carbocycles. The van der Waals surface area contributed by atoms with Crippen LogP contribution in [0.15, 0.2) is 0 Å². The number of hydrogen-bond donors (Lipinski definition) is 0. The zero-order chi connectivity index (χ0) is 11.5. The molecule has 0 aliphatic heterocycles. The summed E-state index contributed by atoms with van der Waals surface area (Å²) in [7, 11) is 0. The van der Waals surface area contributed by atoms with Crippen LogP contribution in [-0.4, -0.2) is 11.6 Å². The Morgan fingerprint density at radius 1 is 1.07 bits per heavy atom. The number of rotatable bonds is 3. The van der Waals surface area contributed by atoms with Gasteiger partial charge in [0.25, 0.3) is 0 Å². The van der Waals surface area contributed by atoms with Crippen LogP contribution in [-0.2, 0) is 9.53 Å². The van der Waals surface area contributed by atoms with Gasteiger partial charge in [-0.1, -0.05) is 34.1 Å². The van der Waals surface area contributed by atoms with Crippen LogP contribution in [0, 0.1) is 11.8 Å². The maximum absolute atomic E-state index is 11.7. The van der Waals surface area contributed by atoms with Crippen LogP contribution in [0.25, 0.3) is 0 Å². The van der Waals surface area contributed by atoms with E-state index in [9.17, 15) is 4.79 Å². The SMILES string of the molecule is CC(C)C(=O)OC1(C(C)C)CCCCC1. The van der Waals surface area contributed by atoms with Gasteiger partial charge in [0.1, 0.15) is 5.60 Å². The third kappa shape index (κ3) is 2.96. The molecule has 0 aromatic heterocycles. The van der Waals surface area contributed by atoms with E-state index < -0.39 is 0 Å². The molecule has 1 rings (SSSR count). The first-order valence-corrected chi connectivity index (χ1v) is 6.21. The van der Waals surface area contributed by atoms with Crippen molar-refractivity contribution < 1.29 is 9.53 Å². The van der Waals surface area contributed by atoms with Crippen LogP contribution in [0.4, 0.5) is 0 Å². The van der Waals surface area contributed by atoms with Crippen molar-refractivity contribution in [1.82, 2.24) is 0 Å². The monoisotopic (exact) mass is 212 g/mol. The van der Waals surface area contributed by atoms with Crippen molar-refractivity contribution in [3.05, 3.63) is 0 Å². The van der Waals surface area contributed by atoms with Crippen molar-refractivity contribution in [2.24, 2.45) is 11.8 Å². The first-order chi connectivity index (χ1) is 6.98. The molecule has 1 aliphatic rings. The molecule has 0 aromatic carbocycles. The number of carbonyl (C=O) groups excluding carboxylic acids is 1. The van der Waals surface area contributed by atoms with Gasteiger partial charge in [-0.25, -0.2) is 0 Å². The fourth-order valence-corrected chi connectivity index (χ4v) is 2.27. The van der Waals surface area contributed by atoms with Gasteiger partial charge >= 0.3 is 5.97 Å². The van der Waals surface area contributed by atoms with Gasteiger partial charge in [-0.3, -0.25) is 4.79 Å². The summed E-state index contributed by atoms with van der Waals surface area (Å²) >= 11 is 0. The Morgan fingerprint density at radius 3 is 2.00 bits per heavy atom. The molecule has 2 nitrogen and oxygen atoms in total. The van der Waals surface area contributed by atoms with Crippen LogP contribution in [0.5, 0.6) is 0 Å². The molecule has 0 heterocycles. The number of carbonyl (C=O) groups is 1. The van der Waals surface area contributed by atoms with E-state index in [-0.39, 0.29) is 17.5 Å². The Hall–Kier alpha value is -0.530. The first-order valence-electron chi connectivity index (χ1n) is 6.21. The van der Waals surface area contributed by atoms with Gasteiger partial charge in [-0.15, -0.1) is 0 Å². The number of esters is 1. The van der Waals surface area contributed by atoms with Crippen LogP contribution >= 0.6 is 0 Å². The van der Waals surface area contributed by atoms with E-state index in [0.29, 0.717) is 5.92 Å². The Balaban J connectivity index is 2.68. The zero-order valence-electron chi connectivity index (χ0n) is 10.5. The van der Waals surface area contributed by atoms with E-state index >= 15 is 0 Å². The van der Waals surface area contributed by atoms with E-state index in [1.54, 1.807) is 0 Å². The van der Waals surface area contributed by atoms with Crippen LogP contribution in [0.2, 0.25) is 0 Å². The summed E-state index contributed by atoms with van der Waals surface area (Å²) in [6.07, 6.45) is 5.77. The molecular weight excluding hydrogens is 188 g/mol. The molecule has 0 radical (unpaired) electrons. The molecule has 88 valence electrons. The van der Waals surface area contributed by atoms with E-state index in [2.05, 4.69) is 13.8 Å². The largest absolute Gasteiger partial charge is 0.459 e. The van der Waals surface area contributed by atoms with Gasteiger partial charge < -0.3 is 4.74 Å². The van der Waals surface area contributed by atoms with E-state index in [0.717, 1.165) is 12.8 Å². The maximum atomic E-state index is 11.7. The molecule has 15 heavy (non-hydrogen) atoms. The van der Waals surface area contributed by atoms with Gasteiger partial charge in [0.2, 0.25) is 0 Å². The second-order valence-electron chi connectivity index (χ2n) is 5.36. The molecule has 0 amide bonds. The molecule has 0 bridgehead atoms. The minimum atomic E-state index is -0.167. The van der Waals surface area contributed by atoms with Crippen molar-refractivity contribution in [3.63, 3.8) is 0 Å². The normalized spacial score (nSPS) is 20.7. The standard InChI is InChI=1S/C13H24O2/c1-10(2)12(14)15-13(11(3)4)8-6-5-7-9-13/h10-11H,5-9H2,1-4H3. The lowest BCUT2D eigenvalue weighted by atomic mass is 9.77. The fraction of sp³-hybridized carbons (Fsp3) is 0.923. The lowest BCUT2D eigenvalue weighted by Gasteiger charge is -2.40. The molecule has 0 saturated heterocycles. The summed E-state index contributed by atoms with van der Waals surface area (Å²) in [6.45, 7) is 8.14. The Labute approximate surface area is 93.4 Å². The highest BCUT2D eigenvalue weighted by Crippen LogP contribution is 2.38. The maximum Gasteiger partial charge on any atom is 0.308 e. The molecule has 0 N–H and O–H groups in total. The van der Waals surface area contributed by atoms with Crippen LogP contribution in [0.1, 0.15) is 59.8 Å². The van der Waals surface area contributed by atoms with Gasteiger partial charge in [0.15, 0.2) is 0 Å². The van der Waals surface area contributed by atoms with Gasteiger partial charge in [-0.05, 0) is 31.6 Å². The van der Waals surface area contributed by atoms with Crippen molar-refractivity contribution in [1.29, 1.82) is 0 Å². The fourth-order valence-electron chi connectivity index (χ4n) is 2.27. The molecule has 2 heteroatoms. The average Bonchev–Trinajstić information content (AvgIpc) is 2.18. The minimum Gasteiger partial charge on any atom is -0.459 e. The number of ether oxygens (including phenoxy) is 1. The predicted molar refractivity (Wildman–Crippen MR) is 61.6 cm³/mol. The minimum absolute atomic E-state index is 0.0115. The predicted octanol–water partition coefficient (Wildman–Crippen LogP) is 3.54. The molecule has 1 fully saturated rings. The smallest absolute Gasteiger partial charge is 0.308 e. The summed E-state index contributed by atoms with van der Waals surface area (Å²) in [5.74, 6) is 0.383. The summed E-state index contributed by atoms with van der Waals surface area (Å²) in [4.78, 5) is 11.7. The number of hydrogen-bond acceptors (Lipinski definition) is 2. The molecule has 0 unspecified atom stereocenters. The lowest BCUT2D eigenvalue weighted by Crippen LogP contribution is -2.43. The van der Waals surface area contributed by atoms with Crippen molar-refractivity contribution in [2.45, 2.75) is 65.4 Å². The highest BCUT2D eigenvalue weighted by atomic mass is 16.6. The van der Waals surface area contributed by atoms with Gasteiger partial charge in [0.05, 0.1) is 5.92 Å². The van der Waals surface area contributed by atoms with E-state index in [1.165, 1.54) is 19.3 Å². The van der Waals surface area contributed by atoms with Crippen LogP contribution in [0.3, 0.4) is 0 Å². The first kappa shape index (κ1) is 12.5. The molecule has 0 aromatic rings. The molecule has 0 spiro atoms. The molecular formula is C13H24O2. The van der Waals surface area contributed by atoms with E-state index in [4.69, 9.17) is 4.74 Å². The molecule has 0 atom stereocenters. The van der Waals surface area contributed by atoms with Crippen molar-refractivity contribution in [3.8, 4) is 0 Å². The third-order valence-corrected chi connectivity index (χ3v) is 3.53. The van der Waals surface area contributed by atoms with Crippen molar-refractivity contribution >= 4 is 5.97 Å². The quantitative estimate of drug-likeness (QED) is 0.669. The Bertz CT molecular complexity index is 213. The zero-order valence-corrected chi connectivity index (χ0v) is 10.5.